The maximum atomic E-state index is 12.9. The summed E-state index contributed by atoms with van der Waals surface area (Å²) >= 11 is 0. The molecule has 0 aromatic carbocycles. The Hall–Kier alpha value is -1.11. The van der Waals surface area contributed by atoms with Gasteiger partial charge in [0.05, 0.1) is 0 Å². The molecule has 4 nitrogen and oxygen atoms in total. The van der Waals surface area contributed by atoms with Crippen LogP contribution in [-0.4, -0.2) is 68.4 Å². The van der Waals surface area contributed by atoms with Crippen molar-refractivity contribution in [1.29, 1.82) is 0 Å². The lowest BCUT2D eigenvalue weighted by molar-refractivity contribution is -0.409. The minimum absolute atomic E-state index is 1.88. The van der Waals surface area contributed by atoms with Crippen molar-refractivity contribution in [3.63, 3.8) is 0 Å². The lowest BCUT2D eigenvalue weighted by atomic mass is 9.95. The Labute approximate surface area is 146 Å². The van der Waals surface area contributed by atoms with E-state index in [1.165, 1.54) is 0 Å². The van der Waals surface area contributed by atoms with Crippen LogP contribution in [0.2, 0.25) is 0 Å². The topological polar surface area (TPSA) is 66.4 Å². The Morgan fingerprint density at radius 3 is 1.21 bits per heavy atom. The van der Waals surface area contributed by atoms with E-state index < -0.39 is 51.4 Å². The van der Waals surface area contributed by atoms with Gasteiger partial charge in [0.25, 0.3) is 6.17 Å². The normalized spacial score (nSPS) is 16.3. The van der Waals surface area contributed by atoms with Crippen molar-refractivity contribution in [1.82, 2.24) is 5.32 Å². The average Bonchev–Trinajstić information content (AvgIpc) is 2.44. The molecule has 28 heavy (non-hydrogen) atoms. The summed E-state index contributed by atoms with van der Waals surface area (Å²) in [6.45, 7) is 0. The monoisotopic (exact) mass is 477 g/mol. The number of alkyl halides is 14. The van der Waals surface area contributed by atoms with E-state index in [1.807, 2.05) is 14.1 Å². The van der Waals surface area contributed by atoms with Gasteiger partial charge < -0.3 is 5.32 Å². The molecule has 0 saturated heterocycles. The van der Waals surface area contributed by atoms with Gasteiger partial charge in [0.1, 0.15) is 0 Å². The molecule has 19 heteroatoms. The third kappa shape index (κ3) is 4.55. The van der Waals surface area contributed by atoms with Gasteiger partial charge in [-0.2, -0.15) is 65.5 Å². The maximum absolute atomic E-state index is 12.9. The first-order valence-corrected chi connectivity index (χ1v) is 7.41. The molecule has 0 aromatic rings. The van der Waals surface area contributed by atoms with Crippen LogP contribution in [0.15, 0.2) is 0 Å². The molecule has 1 unspecified atom stereocenters. The third-order valence-electron chi connectivity index (χ3n) is 2.50. The minimum Gasteiger partial charge on any atom is -0.323 e. The standard InChI is InChI=1S/C7H2F14O3S.C2H7N/c8-1(3(11,12)13)2(9,10)4(14,15)5(16,17)6(18,19)7(20,21)25(22,23)24;1-3-2/h1H,(H,22,23,24);3H,1-2H3. The zero-order valence-electron chi connectivity index (χ0n) is 13.0. The van der Waals surface area contributed by atoms with Gasteiger partial charge in [0, 0.05) is 0 Å². The van der Waals surface area contributed by atoms with Gasteiger partial charge in [-0.05, 0) is 14.1 Å². The molecule has 2 N–H and O–H groups in total. The lowest BCUT2D eigenvalue weighted by Crippen LogP contribution is -2.71. The van der Waals surface area contributed by atoms with Gasteiger partial charge in [-0.25, -0.2) is 4.39 Å². The quantitative estimate of drug-likeness (QED) is 0.452. The van der Waals surface area contributed by atoms with E-state index in [1.54, 1.807) is 0 Å². The highest BCUT2D eigenvalue weighted by Gasteiger charge is 2.91. The van der Waals surface area contributed by atoms with Crippen molar-refractivity contribution in [2.45, 2.75) is 41.3 Å². The summed E-state index contributed by atoms with van der Waals surface area (Å²) < 4.78 is 203. The number of hydrogen-bond donors (Lipinski definition) is 2. The van der Waals surface area contributed by atoms with Crippen molar-refractivity contribution in [2.24, 2.45) is 0 Å². The SMILES string of the molecule is CNC.O=S(=O)(O)C(F)(F)C(F)(F)C(F)(F)C(F)(F)C(F)(F)C(F)C(F)(F)F. The zero-order valence-corrected chi connectivity index (χ0v) is 13.9. The highest BCUT2D eigenvalue weighted by Crippen LogP contribution is 2.59. The van der Waals surface area contributed by atoms with E-state index in [2.05, 4.69) is 5.32 Å². The Kier molecular flexibility index (Phi) is 8.27. The number of hydrogen-bond acceptors (Lipinski definition) is 3. The van der Waals surface area contributed by atoms with Crippen LogP contribution in [0.5, 0.6) is 0 Å². The van der Waals surface area contributed by atoms with Gasteiger partial charge in [-0.1, -0.05) is 0 Å². The third-order valence-corrected chi connectivity index (χ3v) is 3.41. The molecule has 0 spiro atoms. The van der Waals surface area contributed by atoms with Crippen LogP contribution in [0.3, 0.4) is 0 Å². The highest BCUT2D eigenvalue weighted by atomic mass is 32.2. The fraction of sp³-hybridized carbons (Fsp3) is 1.00. The molecule has 1 atom stereocenters. The Bertz CT molecular complexity index is 628. The van der Waals surface area contributed by atoms with Gasteiger partial charge in [0.15, 0.2) is 0 Å². The van der Waals surface area contributed by atoms with E-state index in [-0.39, 0.29) is 0 Å². The number of rotatable bonds is 6. The molecular weight excluding hydrogens is 468 g/mol. The first kappa shape index (κ1) is 29.1. The molecule has 0 aliphatic rings. The molecule has 0 amide bonds. The first-order chi connectivity index (χ1) is 11.8. The maximum Gasteiger partial charge on any atom is 0.438 e. The van der Waals surface area contributed by atoms with Crippen molar-refractivity contribution >= 4 is 10.1 Å². The second-order valence-electron chi connectivity index (χ2n) is 4.74. The molecule has 0 rings (SSSR count). The molecule has 0 fully saturated rings. The predicted octanol–water partition coefficient (Wildman–Crippen LogP) is 3.74. The smallest absolute Gasteiger partial charge is 0.323 e. The van der Waals surface area contributed by atoms with Crippen molar-refractivity contribution in [3.05, 3.63) is 0 Å². The van der Waals surface area contributed by atoms with Gasteiger partial charge in [0.2, 0.25) is 0 Å². The van der Waals surface area contributed by atoms with Crippen LogP contribution in [0.4, 0.5) is 61.5 Å². The van der Waals surface area contributed by atoms with E-state index >= 15 is 0 Å². The summed E-state index contributed by atoms with van der Waals surface area (Å²) in [4.78, 5) is 0. The summed E-state index contributed by atoms with van der Waals surface area (Å²) in [7, 11) is -3.91. The van der Waals surface area contributed by atoms with Crippen LogP contribution in [0.25, 0.3) is 0 Å². The summed E-state index contributed by atoms with van der Waals surface area (Å²) in [6.07, 6.45) is -13.2. The molecule has 172 valence electrons. The molecule has 0 radical (unpaired) electrons. The number of halogens is 14. The van der Waals surface area contributed by atoms with E-state index in [4.69, 9.17) is 4.55 Å². The van der Waals surface area contributed by atoms with E-state index in [0.717, 1.165) is 0 Å². The van der Waals surface area contributed by atoms with Gasteiger partial charge in [-0.15, -0.1) is 0 Å². The Morgan fingerprint density at radius 2 is 1.00 bits per heavy atom. The van der Waals surface area contributed by atoms with Gasteiger partial charge >= 0.3 is 45.2 Å². The zero-order chi connectivity index (χ0) is 23.8. The van der Waals surface area contributed by atoms with E-state index in [0.29, 0.717) is 0 Å². The Morgan fingerprint density at radius 1 is 0.714 bits per heavy atom. The average molecular weight is 477 g/mol. The van der Waals surface area contributed by atoms with Crippen molar-refractivity contribution in [3.8, 4) is 0 Å². The molecule has 0 bridgehead atoms. The molecule has 0 aliphatic carbocycles. The van der Waals surface area contributed by atoms with Crippen LogP contribution < -0.4 is 5.32 Å². The minimum atomic E-state index is -8.28. The summed E-state index contributed by atoms with van der Waals surface area (Å²) in [6, 6.07) is 0. The van der Waals surface area contributed by atoms with Crippen LogP contribution >= 0.6 is 0 Å². The second-order valence-corrected chi connectivity index (χ2v) is 6.21. The van der Waals surface area contributed by atoms with Crippen molar-refractivity contribution in [2.75, 3.05) is 14.1 Å². The summed E-state index contributed by atoms with van der Waals surface area (Å²) in [5, 5.41) is -4.81. The number of nitrogens with one attached hydrogen (secondary N) is 1. The highest BCUT2D eigenvalue weighted by molar-refractivity contribution is 7.87. The van der Waals surface area contributed by atoms with Crippen LogP contribution in [-0.2, 0) is 10.1 Å². The molecule has 0 aliphatic heterocycles. The van der Waals surface area contributed by atoms with E-state index in [9.17, 15) is 69.9 Å². The Balaban J connectivity index is 0. The fourth-order valence-electron chi connectivity index (χ4n) is 1.12. The lowest BCUT2D eigenvalue weighted by Gasteiger charge is -2.39. The van der Waals surface area contributed by atoms with Crippen molar-refractivity contribution < 1.29 is 74.4 Å². The first-order valence-electron chi connectivity index (χ1n) is 5.97. The van der Waals surface area contributed by atoms with Gasteiger partial charge in [-0.3, -0.25) is 4.55 Å². The second kappa shape index (κ2) is 7.96. The largest absolute Gasteiger partial charge is 0.438 e. The molecular formula is C9H9F14NO3S. The summed E-state index contributed by atoms with van der Waals surface area (Å²) in [5.41, 5.74) is 0. The molecule has 0 heterocycles. The molecule has 0 saturated carbocycles. The molecule has 0 aromatic heterocycles. The summed E-state index contributed by atoms with van der Waals surface area (Å²) in [5.74, 6) is -32.3. The van der Waals surface area contributed by atoms with Crippen LogP contribution in [0, 0.1) is 0 Å². The fourth-order valence-corrected chi connectivity index (χ4v) is 1.57. The van der Waals surface area contributed by atoms with Crippen LogP contribution in [0.1, 0.15) is 0 Å². The predicted molar refractivity (Wildman–Crippen MR) is 62.2 cm³/mol.